The third-order valence-electron chi connectivity index (χ3n) is 6.45. The number of amides is 3. The van der Waals surface area contributed by atoms with Crippen molar-refractivity contribution in [3.05, 3.63) is 66.2 Å². The normalized spacial score (nSPS) is 17.2. The lowest BCUT2D eigenvalue weighted by Gasteiger charge is -2.39. The van der Waals surface area contributed by atoms with Crippen molar-refractivity contribution in [3.63, 3.8) is 0 Å². The van der Waals surface area contributed by atoms with Crippen molar-refractivity contribution in [1.82, 2.24) is 9.88 Å². The monoisotopic (exact) mass is 400 g/mol. The molecule has 2 aliphatic rings. The van der Waals surface area contributed by atoms with E-state index in [-0.39, 0.29) is 17.4 Å². The third-order valence-corrected chi connectivity index (χ3v) is 6.45. The zero-order chi connectivity index (χ0) is 20.7. The van der Waals surface area contributed by atoms with Gasteiger partial charge in [0.05, 0.1) is 5.52 Å². The van der Waals surface area contributed by atoms with Crippen molar-refractivity contribution in [1.29, 1.82) is 0 Å². The summed E-state index contributed by atoms with van der Waals surface area (Å²) in [6.07, 6.45) is 1.68. The predicted octanol–water partition coefficient (Wildman–Crippen LogP) is 4.17. The molecule has 2 aromatic carbocycles. The average molecular weight is 400 g/mol. The lowest BCUT2D eigenvalue weighted by atomic mass is 9.74. The van der Waals surface area contributed by atoms with Crippen LogP contribution in [0.3, 0.4) is 0 Å². The topological polar surface area (TPSA) is 65.5 Å². The number of nitrogens with one attached hydrogen (secondary N) is 1. The Morgan fingerprint density at radius 2 is 1.70 bits per heavy atom. The second kappa shape index (κ2) is 7.13. The maximum absolute atomic E-state index is 12.8. The van der Waals surface area contributed by atoms with E-state index in [9.17, 15) is 9.59 Å². The molecule has 0 radical (unpaired) electrons. The van der Waals surface area contributed by atoms with Gasteiger partial charge in [-0.15, -0.1) is 0 Å². The van der Waals surface area contributed by atoms with E-state index in [0.29, 0.717) is 25.5 Å². The van der Waals surface area contributed by atoms with Crippen molar-refractivity contribution in [2.45, 2.75) is 25.2 Å². The molecule has 1 N–H and O–H groups in total. The molecule has 0 unspecified atom stereocenters. The summed E-state index contributed by atoms with van der Waals surface area (Å²) in [6.45, 7) is 3.62. The Morgan fingerprint density at radius 3 is 2.50 bits per heavy atom. The summed E-state index contributed by atoms with van der Waals surface area (Å²) in [4.78, 5) is 33.2. The summed E-state index contributed by atoms with van der Waals surface area (Å²) in [6, 6.07) is 19.7. The first-order valence-electron chi connectivity index (χ1n) is 10.4. The van der Waals surface area contributed by atoms with Crippen molar-refractivity contribution < 1.29 is 9.59 Å². The summed E-state index contributed by atoms with van der Waals surface area (Å²) in [7, 11) is 0. The van der Waals surface area contributed by atoms with Crippen molar-refractivity contribution in [2.75, 3.05) is 29.9 Å². The molecule has 2 aliphatic heterocycles. The van der Waals surface area contributed by atoms with Gasteiger partial charge in [-0.3, -0.25) is 10.1 Å². The molecule has 3 aromatic rings. The Bertz CT molecular complexity index is 1130. The van der Waals surface area contributed by atoms with E-state index in [1.165, 1.54) is 5.56 Å². The van der Waals surface area contributed by atoms with E-state index in [4.69, 9.17) is 0 Å². The van der Waals surface area contributed by atoms with Crippen LogP contribution in [0.1, 0.15) is 25.3 Å². The van der Waals surface area contributed by atoms with E-state index in [0.717, 1.165) is 29.4 Å². The van der Waals surface area contributed by atoms with Crippen LogP contribution in [0, 0.1) is 0 Å². The fourth-order valence-corrected chi connectivity index (χ4v) is 4.80. The van der Waals surface area contributed by atoms with Gasteiger partial charge < -0.3 is 9.80 Å². The smallest absolute Gasteiger partial charge is 0.323 e. The number of nitrogens with zero attached hydrogens (tertiary/aromatic N) is 3. The largest absolute Gasteiger partial charge is 0.324 e. The van der Waals surface area contributed by atoms with E-state index in [1.54, 1.807) is 6.92 Å². The van der Waals surface area contributed by atoms with Gasteiger partial charge in [-0.25, -0.2) is 9.78 Å². The summed E-state index contributed by atoms with van der Waals surface area (Å²) >= 11 is 0. The van der Waals surface area contributed by atoms with Crippen LogP contribution in [0.15, 0.2) is 60.7 Å². The average Bonchev–Trinajstić information content (AvgIpc) is 3.09. The molecule has 6 nitrogen and oxygen atoms in total. The molecule has 1 fully saturated rings. The SMILES string of the molecule is CC(=O)N1CC2(CCN(C(=O)Nc3ccc4ccccc4n3)CC2)c2ccccc21. The molecule has 0 aliphatic carbocycles. The number of fused-ring (bicyclic) bond motifs is 3. The van der Waals surface area contributed by atoms with Gasteiger partial charge in [0, 0.05) is 43.0 Å². The number of rotatable bonds is 1. The highest BCUT2D eigenvalue weighted by atomic mass is 16.2. The number of urea groups is 1. The lowest BCUT2D eigenvalue weighted by Crippen LogP contribution is -2.48. The highest BCUT2D eigenvalue weighted by Crippen LogP contribution is 2.46. The minimum atomic E-state index is -0.123. The fraction of sp³-hybridized carbons (Fsp3) is 0.292. The number of benzene rings is 2. The molecular weight excluding hydrogens is 376 g/mol. The first kappa shape index (κ1) is 18.6. The number of anilines is 2. The fourth-order valence-electron chi connectivity index (χ4n) is 4.80. The molecular formula is C24H24N4O2. The molecule has 3 amide bonds. The maximum Gasteiger partial charge on any atom is 0.323 e. The van der Waals surface area contributed by atoms with Gasteiger partial charge in [-0.05, 0) is 42.7 Å². The highest BCUT2D eigenvalue weighted by molar-refractivity contribution is 5.95. The number of carbonyl (C=O) groups is 2. The minimum Gasteiger partial charge on any atom is -0.324 e. The van der Waals surface area contributed by atoms with Crippen LogP contribution in [0.2, 0.25) is 0 Å². The standard InChI is InChI=1S/C24H24N4O2/c1-17(29)28-16-24(19-7-3-5-9-21(19)28)12-14-27(15-13-24)23(30)26-22-11-10-18-6-2-4-8-20(18)25-22/h2-11H,12-16H2,1H3,(H,25,26,30). The Hall–Kier alpha value is -3.41. The van der Waals surface area contributed by atoms with Gasteiger partial charge in [-0.2, -0.15) is 0 Å². The number of likely N-dealkylation sites (tertiary alicyclic amines) is 1. The van der Waals surface area contributed by atoms with Crippen LogP contribution in [-0.4, -0.2) is 41.5 Å². The van der Waals surface area contributed by atoms with Gasteiger partial charge in [0.1, 0.15) is 5.82 Å². The molecule has 3 heterocycles. The number of aromatic nitrogens is 1. The second-order valence-corrected chi connectivity index (χ2v) is 8.21. The van der Waals surface area contributed by atoms with Crippen molar-refractivity contribution in [2.24, 2.45) is 0 Å². The predicted molar refractivity (Wildman–Crippen MR) is 118 cm³/mol. The van der Waals surface area contributed by atoms with Crippen LogP contribution in [0.5, 0.6) is 0 Å². The molecule has 0 bridgehead atoms. The Kier molecular flexibility index (Phi) is 4.42. The van der Waals surface area contributed by atoms with E-state index < -0.39 is 0 Å². The minimum absolute atomic E-state index is 0.0692. The number of para-hydroxylation sites is 2. The molecule has 1 spiro atoms. The Balaban J connectivity index is 1.30. The van der Waals surface area contributed by atoms with Crippen LogP contribution in [0.4, 0.5) is 16.3 Å². The van der Waals surface area contributed by atoms with Gasteiger partial charge >= 0.3 is 6.03 Å². The summed E-state index contributed by atoms with van der Waals surface area (Å²) in [5.41, 5.74) is 3.04. The Morgan fingerprint density at radius 1 is 0.967 bits per heavy atom. The molecule has 0 atom stereocenters. The maximum atomic E-state index is 12.8. The number of hydrogen-bond acceptors (Lipinski definition) is 3. The Labute approximate surface area is 175 Å². The number of piperidine rings is 1. The van der Waals surface area contributed by atoms with Gasteiger partial charge in [0.15, 0.2) is 0 Å². The summed E-state index contributed by atoms with van der Waals surface area (Å²) in [5, 5.41) is 3.99. The quantitative estimate of drug-likeness (QED) is 0.667. The summed E-state index contributed by atoms with van der Waals surface area (Å²) < 4.78 is 0. The number of hydrogen-bond donors (Lipinski definition) is 1. The highest BCUT2D eigenvalue weighted by Gasteiger charge is 2.46. The van der Waals surface area contributed by atoms with Crippen LogP contribution in [0.25, 0.3) is 10.9 Å². The molecule has 5 rings (SSSR count). The molecule has 152 valence electrons. The number of carbonyl (C=O) groups excluding carboxylic acids is 2. The number of pyridine rings is 1. The summed E-state index contributed by atoms with van der Waals surface area (Å²) in [5.74, 6) is 0.634. The van der Waals surface area contributed by atoms with Gasteiger partial charge in [-0.1, -0.05) is 36.4 Å². The van der Waals surface area contributed by atoms with Crippen LogP contribution >= 0.6 is 0 Å². The molecule has 0 saturated carbocycles. The third kappa shape index (κ3) is 3.09. The zero-order valence-electron chi connectivity index (χ0n) is 17.0. The van der Waals surface area contributed by atoms with E-state index in [2.05, 4.69) is 16.4 Å². The van der Waals surface area contributed by atoms with Crippen LogP contribution in [-0.2, 0) is 10.2 Å². The molecule has 1 aromatic heterocycles. The molecule has 1 saturated heterocycles. The van der Waals surface area contributed by atoms with E-state index >= 15 is 0 Å². The second-order valence-electron chi connectivity index (χ2n) is 8.21. The van der Waals surface area contributed by atoms with E-state index in [1.807, 2.05) is 64.4 Å². The lowest BCUT2D eigenvalue weighted by molar-refractivity contribution is -0.116. The molecule has 6 heteroatoms. The van der Waals surface area contributed by atoms with Crippen molar-refractivity contribution in [3.8, 4) is 0 Å². The van der Waals surface area contributed by atoms with Crippen LogP contribution < -0.4 is 10.2 Å². The first-order chi connectivity index (χ1) is 14.6. The van der Waals surface area contributed by atoms with Crippen molar-refractivity contribution >= 4 is 34.3 Å². The van der Waals surface area contributed by atoms with Gasteiger partial charge in [0.2, 0.25) is 5.91 Å². The first-order valence-corrected chi connectivity index (χ1v) is 10.4. The van der Waals surface area contributed by atoms with Gasteiger partial charge in [0.25, 0.3) is 0 Å². The zero-order valence-corrected chi connectivity index (χ0v) is 17.0. The molecule has 30 heavy (non-hydrogen) atoms.